The van der Waals surface area contributed by atoms with Crippen molar-refractivity contribution in [1.29, 1.82) is 0 Å². The van der Waals surface area contributed by atoms with Crippen molar-refractivity contribution >= 4 is 31.0 Å². The molecule has 0 spiro atoms. The molecule has 0 aliphatic rings. The van der Waals surface area contributed by atoms with Gasteiger partial charge < -0.3 is 11.2 Å². The van der Waals surface area contributed by atoms with Gasteiger partial charge in [0, 0.05) is 43.3 Å². The number of halogens is 3. The Bertz CT molecular complexity index is 1240. The zero-order chi connectivity index (χ0) is 23.4. The van der Waals surface area contributed by atoms with Gasteiger partial charge in [-0.1, -0.05) is 42.1 Å². The van der Waals surface area contributed by atoms with E-state index < -0.39 is 19.8 Å². The summed E-state index contributed by atoms with van der Waals surface area (Å²) in [5.41, 5.74) is 15.4. The van der Waals surface area contributed by atoms with E-state index in [0.29, 0.717) is 38.5 Å². The van der Waals surface area contributed by atoms with Crippen LogP contribution in [0.15, 0.2) is 89.2 Å². The summed E-state index contributed by atoms with van der Waals surface area (Å²) in [7, 11) is -1.08. The quantitative estimate of drug-likeness (QED) is 0.352. The smallest absolute Gasteiger partial charge is 0.397 e. The van der Waals surface area contributed by atoms with Crippen LogP contribution in [0.2, 0.25) is 0 Å². The topological polar surface area (TPSA) is 90.7 Å². The Morgan fingerprint density at radius 2 is 1.61 bits per heavy atom. The standard InChI is InChI=1S/C23H19F3N5PS/c24-23(25,26)17-6-8-18(9-7-17)33-22-20(29-10-11-30-22)16-12-19(27)21(31-13-16)32(28)14-15-4-2-1-3-5-15/h1-13H,14,27-28H2. The zero-order valence-electron chi connectivity index (χ0n) is 17.2. The van der Waals surface area contributed by atoms with Gasteiger partial charge in [-0.05, 0) is 35.9 Å². The maximum atomic E-state index is 12.8. The molecule has 1 atom stereocenters. The molecule has 10 heteroatoms. The highest BCUT2D eigenvalue weighted by Gasteiger charge is 2.30. The lowest BCUT2D eigenvalue weighted by Gasteiger charge is -2.15. The molecule has 1 unspecified atom stereocenters. The lowest BCUT2D eigenvalue weighted by Crippen LogP contribution is -2.17. The van der Waals surface area contributed by atoms with Crippen molar-refractivity contribution < 1.29 is 13.2 Å². The van der Waals surface area contributed by atoms with Crippen LogP contribution < -0.4 is 16.7 Å². The average molecular weight is 485 g/mol. The molecule has 4 aromatic rings. The van der Waals surface area contributed by atoms with E-state index in [-0.39, 0.29) is 0 Å². The Labute approximate surface area is 194 Å². The Morgan fingerprint density at radius 3 is 2.27 bits per heavy atom. The Hall–Kier alpha value is -3.00. The molecule has 4 N–H and O–H groups in total. The lowest BCUT2D eigenvalue weighted by molar-refractivity contribution is -0.137. The monoisotopic (exact) mass is 485 g/mol. The first-order valence-corrected chi connectivity index (χ1v) is 12.2. The van der Waals surface area contributed by atoms with Crippen LogP contribution in [0.25, 0.3) is 11.3 Å². The molecule has 168 valence electrons. The summed E-state index contributed by atoms with van der Waals surface area (Å²) in [5, 5.41) is 0.533. The summed E-state index contributed by atoms with van der Waals surface area (Å²) >= 11 is 1.22. The number of rotatable bonds is 6. The number of alkyl halides is 3. The van der Waals surface area contributed by atoms with E-state index >= 15 is 0 Å². The number of pyridine rings is 1. The molecular formula is C23H19F3N5PS. The third-order valence-corrected chi connectivity index (χ3v) is 7.32. The summed E-state index contributed by atoms with van der Waals surface area (Å²) in [6, 6.07) is 16.6. The minimum absolute atomic E-state index is 0.466. The van der Waals surface area contributed by atoms with Gasteiger partial charge in [-0.3, -0.25) is 9.97 Å². The fourth-order valence-corrected chi connectivity index (χ4v) is 5.35. The summed E-state index contributed by atoms with van der Waals surface area (Å²) in [5.74, 6) is 0. The van der Waals surface area contributed by atoms with Gasteiger partial charge in [-0.25, -0.2) is 4.98 Å². The molecule has 0 saturated carbocycles. The van der Waals surface area contributed by atoms with Crippen molar-refractivity contribution in [3.63, 3.8) is 0 Å². The van der Waals surface area contributed by atoms with Crippen LogP contribution in [0, 0.1) is 0 Å². The molecule has 2 heterocycles. The number of benzene rings is 2. The van der Waals surface area contributed by atoms with Crippen molar-refractivity contribution in [3.8, 4) is 11.3 Å². The molecule has 0 radical (unpaired) electrons. The summed E-state index contributed by atoms with van der Waals surface area (Å²) in [6.07, 6.45) is 1.00. The van der Waals surface area contributed by atoms with E-state index in [1.54, 1.807) is 18.5 Å². The first kappa shape index (κ1) is 23.2. The Morgan fingerprint density at radius 1 is 0.909 bits per heavy atom. The number of nitrogens with zero attached hydrogens (tertiary/aromatic N) is 3. The molecule has 2 aromatic carbocycles. The van der Waals surface area contributed by atoms with Crippen LogP contribution in [0.1, 0.15) is 11.1 Å². The number of nitrogen functional groups attached to an aromatic ring is 1. The molecular weight excluding hydrogens is 466 g/mol. The number of aromatic nitrogens is 3. The summed E-state index contributed by atoms with van der Waals surface area (Å²) in [6.45, 7) is 0. The molecule has 0 bridgehead atoms. The summed E-state index contributed by atoms with van der Waals surface area (Å²) < 4.78 is 38.5. The van der Waals surface area contributed by atoms with E-state index in [1.165, 1.54) is 30.1 Å². The maximum absolute atomic E-state index is 12.8. The second-order valence-corrected chi connectivity index (χ2v) is 9.83. The van der Waals surface area contributed by atoms with Gasteiger partial charge >= 0.3 is 6.18 Å². The van der Waals surface area contributed by atoms with Crippen LogP contribution >= 0.6 is 19.8 Å². The highest BCUT2D eigenvalue weighted by atomic mass is 32.2. The Balaban J connectivity index is 1.57. The second-order valence-electron chi connectivity index (χ2n) is 7.08. The average Bonchev–Trinajstić information content (AvgIpc) is 2.80. The predicted octanol–water partition coefficient (Wildman–Crippen LogP) is 5.47. The molecule has 0 aliphatic heterocycles. The van der Waals surface area contributed by atoms with E-state index in [0.717, 1.165) is 17.7 Å². The fourth-order valence-electron chi connectivity index (χ4n) is 3.12. The van der Waals surface area contributed by atoms with Crippen molar-refractivity contribution in [2.24, 2.45) is 5.50 Å². The number of anilines is 1. The third-order valence-electron chi connectivity index (χ3n) is 4.70. The molecule has 0 aliphatic carbocycles. The van der Waals surface area contributed by atoms with E-state index in [4.69, 9.17) is 11.2 Å². The van der Waals surface area contributed by atoms with Gasteiger partial charge in [-0.15, -0.1) is 0 Å². The van der Waals surface area contributed by atoms with Crippen molar-refractivity contribution in [1.82, 2.24) is 15.0 Å². The molecule has 0 amide bonds. The summed E-state index contributed by atoms with van der Waals surface area (Å²) in [4.78, 5) is 13.9. The van der Waals surface area contributed by atoms with Gasteiger partial charge in [0.15, 0.2) is 0 Å². The van der Waals surface area contributed by atoms with Gasteiger partial charge in [0.2, 0.25) is 0 Å². The molecule has 2 aromatic heterocycles. The zero-order valence-corrected chi connectivity index (χ0v) is 18.9. The van der Waals surface area contributed by atoms with Crippen LogP contribution in [-0.4, -0.2) is 15.0 Å². The molecule has 33 heavy (non-hydrogen) atoms. The largest absolute Gasteiger partial charge is 0.416 e. The second kappa shape index (κ2) is 9.87. The number of hydrogen-bond acceptors (Lipinski definition) is 6. The van der Waals surface area contributed by atoms with Gasteiger partial charge in [0.1, 0.15) is 16.2 Å². The van der Waals surface area contributed by atoms with E-state index in [1.807, 2.05) is 30.3 Å². The highest BCUT2D eigenvalue weighted by molar-refractivity contribution is 7.99. The maximum Gasteiger partial charge on any atom is 0.416 e. The van der Waals surface area contributed by atoms with Gasteiger partial charge in [-0.2, -0.15) is 13.2 Å². The number of hydrogen-bond donors (Lipinski definition) is 2. The van der Waals surface area contributed by atoms with Crippen LogP contribution in [0.5, 0.6) is 0 Å². The molecule has 0 saturated heterocycles. The number of nitrogens with two attached hydrogens (primary N) is 2. The van der Waals surface area contributed by atoms with Crippen LogP contribution in [0.4, 0.5) is 18.9 Å². The van der Waals surface area contributed by atoms with Crippen LogP contribution in [0.3, 0.4) is 0 Å². The van der Waals surface area contributed by atoms with Gasteiger partial charge in [0.25, 0.3) is 0 Å². The normalized spacial score (nSPS) is 12.5. The van der Waals surface area contributed by atoms with Crippen molar-refractivity contribution in [2.45, 2.75) is 22.3 Å². The van der Waals surface area contributed by atoms with E-state index in [2.05, 4.69) is 15.0 Å². The highest BCUT2D eigenvalue weighted by Crippen LogP contribution is 2.37. The lowest BCUT2D eigenvalue weighted by atomic mass is 10.2. The van der Waals surface area contributed by atoms with Gasteiger partial charge in [0.05, 0.1) is 11.3 Å². The van der Waals surface area contributed by atoms with E-state index in [9.17, 15) is 13.2 Å². The molecule has 0 fully saturated rings. The van der Waals surface area contributed by atoms with Crippen molar-refractivity contribution in [3.05, 3.63) is 90.4 Å². The minimum Gasteiger partial charge on any atom is -0.397 e. The van der Waals surface area contributed by atoms with Crippen molar-refractivity contribution in [2.75, 3.05) is 5.73 Å². The predicted molar refractivity (Wildman–Crippen MR) is 126 cm³/mol. The Kier molecular flexibility index (Phi) is 6.93. The first-order chi connectivity index (χ1) is 15.8. The minimum atomic E-state index is -4.38. The molecule has 5 nitrogen and oxygen atoms in total. The first-order valence-electron chi connectivity index (χ1n) is 9.79. The molecule has 4 rings (SSSR count). The van der Waals surface area contributed by atoms with Crippen LogP contribution in [-0.2, 0) is 12.3 Å². The SMILES string of the molecule is Nc1cc(-c2nccnc2Sc2ccc(C(F)(F)F)cc2)cnc1P(N)Cc1ccccc1. The fraction of sp³-hybridized carbons (Fsp3) is 0.0870. The third kappa shape index (κ3) is 5.68.